The van der Waals surface area contributed by atoms with Gasteiger partial charge in [-0.2, -0.15) is 0 Å². The molecule has 0 bridgehead atoms. The summed E-state index contributed by atoms with van der Waals surface area (Å²) in [5, 5.41) is 2.99. The Kier molecular flexibility index (Phi) is 6.12. The Morgan fingerprint density at radius 3 is 2.53 bits per heavy atom. The number of ether oxygens (including phenoxy) is 1. The van der Waals surface area contributed by atoms with Crippen LogP contribution in [0.25, 0.3) is 0 Å². The number of carbonyl (C=O) groups excluding carboxylic acids is 1. The van der Waals surface area contributed by atoms with Crippen LogP contribution in [-0.2, 0) is 0 Å². The Morgan fingerprint density at radius 1 is 1.42 bits per heavy atom. The fourth-order valence-electron chi connectivity index (χ4n) is 1.99. The van der Waals surface area contributed by atoms with Crippen molar-refractivity contribution < 1.29 is 9.53 Å². The van der Waals surface area contributed by atoms with Crippen LogP contribution in [0.15, 0.2) is 24.3 Å². The summed E-state index contributed by atoms with van der Waals surface area (Å²) in [4.78, 5) is 12.0. The molecule has 1 aliphatic rings. The Bertz CT molecular complexity index is 404. The molecule has 0 saturated heterocycles. The standard InChI is InChI=1S/C14H20N2O2.ClH/c1-2-18-12-7-5-11(6-8-12)14(17)16-13(9-15)10-3-4-10;/h5-8,10,13H,2-4,9,15H2,1H3,(H,16,17);1H. The van der Waals surface area contributed by atoms with E-state index in [9.17, 15) is 4.79 Å². The summed E-state index contributed by atoms with van der Waals surface area (Å²) in [5.74, 6) is 1.30. The first-order chi connectivity index (χ1) is 8.74. The minimum Gasteiger partial charge on any atom is -0.494 e. The fourth-order valence-corrected chi connectivity index (χ4v) is 1.99. The van der Waals surface area contributed by atoms with Crippen molar-refractivity contribution in [3.63, 3.8) is 0 Å². The lowest BCUT2D eigenvalue weighted by molar-refractivity contribution is 0.0933. The minimum atomic E-state index is -0.0552. The van der Waals surface area contributed by atoms with E-state index in [2.05, 4.69) is 5.32 Å². The summed E-state index contributed by atoms with van der Waals surface area (Å²) >= 11 is 0. The quantitative estimate of drug-likeness (QED) is 0.839. The van der Waals surface area contributed by atoms with Crippen LogP contribution < -0.4 is 15.8 Å². The highest BCUT2D eigenvalue weighted by atomic mass is 35.5. The van der Waals surface area contributed by atoms with Gasteiger partial charge in [0, 0.05) is 18.2 Å². The zero-order valence-corrected chi connectivity index (χ0v) is 11.9. The van der Waals surface area contributed by atoms with Crippen molar-refractivity contribution in [3.05, 3.63) is 29.8 Å². The van der Waals surface area contributed by atoms with Gasteiger partial charge in [-0.25, -0.2) is 0 Å². The van der Waals surface area contributed by atoms with Gasteiger partial charge < -0.3 is 15.8 Å². The first kappa shape index (κ1) is 15.8. The van der Waals surface area contributed by atoms with E-state index in [0.717, 1.165) is 5.75 Å². The predicted molar refractivity (Wildman–Crippen MR) is 77.9 cm³/mol. The molecule has 1 aromatic carbocycles. The normalized spacial score (nSPS) is 15.3. The number of carbonyl (C=O) groups is 1. The molecule has 106 valence electrons. The lowest BCUT2D eigenvalue weighted by Gasteiger charge is -2.16. The van der Waals surface area contributed by atoms with E-state index >= 15 is 0 Å². The second kappa shape index (κ2) is 7.36. The monoisotopic (exact) mass is 284 g/mol. The third-order valence-electron chi connectivity index (χ3n) is 3.19. The van der Waals surface area contributed by atoms with Crippen molar-refractivity contribution in [3.8, 4) is 5.75 Å². The van der Waals surface area contributed by atoms with Gasteiger partial charge in [0.15, 0.2) is 0 Å². The number of nitrogens with two attached hydrogens (primary N) is 1. The number of halogens is 1. The third-order valence-corrected chi connectivity index (χ3v) is 3.19. The highest BCUT2D eigenvalue weighted by molar-refractivity contribution is 5.94. The molecule has 3 N–H and O–H groups in total. The van der Waals surface area contributed by atoms with Crippen LogP contribution in [0.4, 0.5) is 0 Å². The summed E-state index contributed by atoms with van der Waals surface area (Å²) in [6, 6.07) is 7.30. The molecule has 1 amide bonds. The molecule has 19 heavy (non-hydrogen) atoms. The van der Waals surface area contributed by atoms with Crippen LogP contribution in [-0.4, -0.2) is 25.1 Å². The topological polar surface area (TPSA) is 64.3 Å². The molecule has 2 rings (SSSR count). The number of amides is 1. The number of hydrogen-bond donors (Lipinski definition) is 2. The molecule has 0 aliphatic heterocycles. The van der Waals surface area contributed by atoms with Gasteiger partial charge in [0.1, 0.15) is 5.75 Å². The van der Waals surface area contributed by atoms with E-state index in [1.165, 1.54) is 12.8 Å². The molecule has 1 saturated carbocycles. The minimum absolute atomic E-state index is 0. The summed E-state index contributed by atoms with van der Waals surface area (Å²) < 4.78 is 5.34. The van der Waals surface area contributed by atoms with E-state index < -0.39 is 0 Å². The Labute approximate surface area is 120 Å². The van der Waals surface area contributed by atoms with Gasteiger partial charge in [-0.05, 0) is 49.9 Å². The van der Waals surface area contributed by atoms with Gasteiger partial charge in [-0.1, -0.05) is 0 Å². The molecular formula is C14H21ClN2O2. The van der Waals surface area contributed by atoms with Gasteiger partial charge in [-0.15, -0.1) is 12.4 Å². The highest BCUT2D eigenvalue weighted by Gasteiger charge is 2.31. The average Bonchev–Trinajstić information content (AvgIpc) is 3.21. The summed E-state index contributed by atoms with van der Waals surface area (Å²) in [6.45, 7) is 3.07. The first-order valence-corrected chi connectivity index (χ1v) is 6.48. The maximum absolute atomic E-state index is 12.0. The zero-order valence-electron chi connectivity index (χ0n) is 11.1. The molecule has 1 unspecified atom stereocenters. The van der Waals surface area contributed by atoms with E-state index in [1.807, 2.05) is 19.1 Å². The molecule has 1 aliphatic carbocycles. The van der Waals surface area contributed by atoms with Gasteiger partial charge >= 0.3 is 0 Å². The molecular weight excluding hydrogens is 264 g/mol. The number of rotatable bonds is 6. The lowest BCUT2D eigenvalue weighted by atomic mass is 10.1. The molecule has 0 spiro atoms. The first-order valence-electron chi connectivity index (χ1n) is 6.48. The van der Waals surface area contributed by atoms with Crippen LogP contribution in [0.1, 0.15) is 30.1 Å². The molecule has 5 heteroatoms. The molecule has 1 atom stereocenters. The van der Waals surface area contributed by atoms with Gasteiger partial charge in [-0.3, -0.25) is 4.79 Å². The predicted octanol–water partition coefficient (Wildman–Crippen LogP) is 1.97. The zero-order chi connectivity index (χ0) is 13.0. The van der Waals surface area contributed by atoms with Crippen LogP contribution in [0.3, 0.4) is 0 Å². The van der Waals surface area contributed by atoms with E-state index in [0.29, 0.717) is 24.6 Å². The molecule has 0 radical (unpaired) electrons. The van der Waals surface area contributed by atoms with Crippen LogP contribution in [0.2, 0.25) is 0 Å². The van der Waals surface area contributed by atoms with Crippen LogP contribution >= 0.6 is 12.4 Å². The SMILES string of the molecule is CCOc1ccc(C(=O)NC(CN)C2CC2)cc1.Cl. The highest BCUT2D eigenvalue weighted by Crippen LogP contribution is 2.32. The van der Waals surface area contributed by atoms with Crippen molar-refractivity contribution in [1.29, 1.82) is 0 Å². The van der Waals surface area contributed by atoms with Crippen LogP contribution in [0.5, 0.6) is 5.75 Å². The van der Waals surface area contributed by atoms with Crippen molar-refractivity contribution in [2.75, 3.05) is 13.2 Å². The smallest absolute Gasteiger partial charge is 0.251 e. The number of hydrogen-bond acceptors (Lipinski definition) is 3. The fraction of sp³-hybridized carbons (Fsp3) is 0.500. The second-order valence-electron chi connectivity index (χ2n) is 4.61. The Hall–Kier alpha value is -1.26. The molecule has 0 aromatic heterocycles. The van der Waals surface area contributed by atoms with Gasteiger partial charge in [0.2, 0.25) is 0 Å². The number of nitrogens with one attached hydrogen (secondary N) is 1. The Morgan fingerprint density at radius 2 is 2.05 bits per heavy atom. The van der Waals surface area contributed by atoms with E-state index in [1.54, 1.807) is 12.1 Å². The molecule has 1 fully saturated rings. The largest absolute Gasteiger partial charge is 0.494 e. The summed E-state index contributed by atoms with van der Waals surface area (Å²) in [5.41, 5.74) is 6.32. The van der Waals surface area contributed by atoms with Crippen LogP contribution in [0, 0.1) is 5.92 Å². The lowest BCUT2D eigenvalue weighted by Crippen LogP contribution is -2.41. The number of benzene rings is 1. The maximum atomic E-state index is 12.0. The molecule has 4 nitrogen and oxygen atoms in total. The Balaban J connectivity index is 0.00000180. The maximum Gasteiger partial charge on any atom is 0.251 e. The van der Waals surface area contributed by atoms with E-state index in [4.69, 9.17) is 10.5 Å². The van der Waals surface area contributed by atoms with Crippen molar-refractivity contribution >= 4 is 18.3 Å². The van der Waals surface area contributed by atoms with Gasteiger partial charge in [0.25, 0.3) is 5.91 Å². The van der Waals surface area contributed by atoms with Crippen molar-refractivity contribution in [1.82, 2.24) is 5.32 Å². The molecule has 1 aromatic rings. The van der Waals surface area contributed by atoms with Crippen molar-refractivity contribution in [2.45, 2.75) is 25.8 Å². The summed E-state index contributed by atoms with van der Waals surface area (Å²) in [7, 11) is 0. The van der Waals surface area contributed by atoms with Crippen molar-refractivity contribution in [2.24, 2.45) is 11.7 Å². The van der Waals surface area contributed by atoms with Gasteiger partial charge in [0.05, 0.1) is 6.61 Å². The second-order valence-corrected chi connectivity index (χ2v) is 4.61. The average molecular weight is 285 g/mol. The molecule has 0 heterocycles. The summed E-state index contributed by atoms with van der Waals surface area (Å²) in [6.07, 6.45) is 2.34. The van der Waals surface area contributed by atoms with E-state index in [-0.39, 0.29) is 24.4 Å². The third kappa shape index (κ3) is 4.40.